The number of nitrogens with one attached hydrogen (secondary N) is 1. The summed E-state index contributed by atoms with van der Waals surface area (Å²) in [6.07, 6.45) is 0.894. The van der Waals surface area contributed by atoms with Crippen LogP contribution in [0.15, 0.2) is 48.5 Å². The smallest absolute Gasteiger partial charge is 0.176 e. The zero-order valence-electron chi connectivity index (χ0n) is 12.6. The van der Waals surface area contributed by atoms with Gasteiger partial charge in [-0.3, -0.25) is 4.79 Å². The first kappa shape index (κ1) is 15.3. The third kappa shape index (κ3) is 4.72. The normalized spacial score (nSPS) is 10.4. The van der Waals surface area contributed by atoms with Crippen molar-refractivity contribution in [2.45, 2.75) is 13.3 Å². The van der Waals surface area contributed by atoms with E-state index in [9.17, 15) is 4.79 Å². The monoisotopic (exact) mass is 283 g/mol. The van der Waals surface area contributed by atoms with Gasteiger partial charge in [-0.15, -0.1) is 0 Å². The second-order valence-electron chi connectivity index (χ2n) is 5.06. The minimum atomic E-state index is 0.129. The molecule has 2 rings (SSSR count). The summed E-state index contributed by atoms with van der Waals surface area (Å²) in [5, 5.41) is 3.19. The van der Waals surface area contributed by atoms with Crippen molar-refractivity contribution in [3.63, 3.8) is 0 Å². The van der Waals surface area contributed by atoms with Gasteiger partial charge in [0.25, 0.3) is 0 Å². The van der Waals surface area contributed by atoms with Crippen molar-refractivity contribution in [1.82, 2.24) is 5.32 Å². The first-order chi connectivity index (χ1) is 10.2. The Labute approximate surface area is 126 Å². The van der Waals surface area contributed by atoms with Crippen molar-refractivity contribution in [3.05, 3.63) is 65.2 Å². The van der Waals surface area contributed by atoms with Crippen LogP contribution in [0.2, 0.25) is 0 Å². The molecule has 0 spiro atoms. The molecule has 0 fully saturated rings. The van der Waals surface area contributed by atoms with E-state index in [1.165, 1.54) is 11.1 Å². The van der Waals surface area contributed by atoms with Crippen molar-refractivity contribution < 1.29 is 9.53 Å². The Morgan fingerprint density at radius 2 is 1.71 bits per heavy atom. The second-order valence-corrected chi connectivity index (χ2v) is 5.06. The van der Waals surface area contributed by atoms with E-state index < -0.39 is 0 Å². The van der Waals surface area contributed by atoms with Crippen LogP contribution in [0.4, 0.5) is 0 Å². The molecule has 0 unspecified atom stereocenters. The Bertz CT molecular complexity index is 573. The third-order valence-electron chi connectivity index (χ3n) is 3.41. The Balaban J connectivity index is 1.73. The van der Waals surface area contributed by atoms with Crippen molar-refractivity contribution >= 4 is 5.78 Å². The van der Waals surface area contributed by atoms with Crippen molar-refractivity contribution in [3.8, 4) is 5.75 Å². The maximum absolute atomic E-state index is 12.0. The van der Waals surface area contributed by atoms with Gasteiger partial charge in [0.2, 0.25) is 0 Å². The summed E-state index contributed by atoms with van der Waals surface area (Å²) in [5.41, 5.74) is 3.16. The van der Waals surface area contributed by atoms with E-state index in [0.717, 1.165) is 24.3 Å². The Morgan fingerprint density at radius 1 is 1.05 bits per heavy atom. The highest BCUT2D eigenvalue weighted by molar-refractivity contribution is 5.97. The van der Waals surface area contributed by atoms with Crippen LogP contribution in [0.25, 0.3) is 0 Å². The molecule has 0 aliphatic rings. The number of benzene rings is 2. The van der Waals surface area contributed by atoms with Crippen LogP contribution in [0.1, 0.15) is 21.5 Å². The minimum absolute atomic E-state index is 0.129. The lowest BCUT2D eigenvalue weighted by Crippen LogP contribution is -2.25. The molecule has 3 nitrogen and oxygen atoms in total. The van der Waals surface area contributed by atoms with E-state index in [-0.39, 0.29) is 5.78 Å². The summed E-state index contributed by atoms with van der Waals surface area (Å²) < 4.78 is 5.12. The van der Waals surface area contributed by atoms with Crippen molar-refractivity contribution in [2.75, 3.05) is 20.2 Å². The van der Waals surface area contributed by atoms with Crippen LogP contribution in [-0.2, 0) is 6.42 Å². The molecule has 0 atom stereocenters. The number of carbonyl (C=O) groups is 1. The molecular weight excluding hydrogens is 262 g/mol. The summed E-state index contributed by atoms with van der Waals surface area (Å²) >= 11 is 0. The fraction of sp³-hybridized carbons (Fsp3) is 0.278. The molecule has 0 aromatic heterocycles. The second kappa shape index (κ2) is 7.60. The van der Waals surface area contributed by atoms with E-state index in [4.69, 9.17) is 4.74 Å². The van der Waals surface area contributed by atoms with Crippen molar-refractivity contribution in [1.29, 1.82) is 0 Å². The first-order valence-corrected chi connectivity index (χ1v) is 7.12. The van der Waals surface area contributed by atoms with Crippen molar-refractivity contribution in [2.24, 2.45) is 0 Å². The molecule has 21 heavy (non-hydrogen) atoms. The third-order valence-corrected chi connectivity index (χ3v) is 3.41. The summed E-state index contributed by atoms with van der Waals surface area (Å²) in [7, 11) is 1.66. The number of aryl methyl sites for hydroxylation is 1. The number of Topliss-reactive ketones (excluding diaryl/α,β-unsaturated/α-hetero) is 1. The minimum Gasteiger partial charge on any atom is -0.497 e. The molecule has 0 heterocycles. The standard InChI is InChI=1S/C18H21NO2/c1-14-3-7-16(8-4-14)18(20)13-19-12-11-15-5-9-17(21-2)10-6-15/h3-10,19H,11-13H2,1-2H3. The van der Waals surface area contributed by atoms with Crippen LogP contribution in [0.3, 0.4) is 0 Å². The zero-order chi connectivity index (χ0) is 15.1. The topological polar surface area (TPSA) is 38.3 Å². The molecule has 0 aliphatic heterocycles. The number of rotatable bonds is 7. The molecule has 3 heteroatoms. The SMILES string of the molecule is COc1ccc(CCNCC(=O)c2ccc(C)cc2)cc1. The fourth-order valence-corrected chi connectivity index (χ4v) is 2.07. The number of hydrogen-bond donors (Lipinski definition) is 1. The van der Waals surface area contributed by atoms with Gasteiger partial charge in [0.1, 0.15) is 5.75 Å². The highest BCUT2D eigenvalue weighted by Crippen LogP contribution is 2.11. The fourth-order valence-electron chi connectivity index (χ4n) is 2.07. The highest BCUT2D eigenvalue weighted by Gasteiger charge is 2.04. The van der Waals surface area contributed by atoms with E-state index in [1.54, 1.807) is 7.11 Å². The lowest BCUT2D eigenvalue weighted by molar-refractivity contribution is 0.0991. The lowest BCUT2D eigenvalue weighted by Gasteiger charge is -2.06. The van der Waals surface area contributed by atoms with Gasteiger partial charge in [0, 0.05) is 5.56 Å². The predicted molar refractivity (Wildman–Crippen MR) is 85.1 cm³/mol. The van der Waals surface area contributed by atoms with E-state index in [1.807, 2.05) is 55.5 Å². The van der Waals surface area contributed by atoms with Gasteiger partial charge < -0.3 is 10.1 Å². The van der Waals surface area contributed by atoms with Crippen LogP contribution >= 0.6 is 0 Å². The van der Waals surface area contributed by atoms with Gasteiger partial charge in [-0.2, -0.15) is 0 Å². The molecule has 0 saturated carbocycles. The molecule has 0 aliphatic carbocycles. The molecule has 2 aromatic rings. The Kier molecular flexibility index (Phi) is 5.52. The maximum Gasteiger partial charge on any atom is 0.176 e. The summed E-state index contributed by atoms with van der Waals surface area (Å²) in [5.74, 6) is 0.992. The number of ether oxygens (including phenoxy) is 1. The van der Waals surface area contributed by atoms with Gasteiger partial charge >= 0.3 is 0 Å². The number of hydrogen-bond acceptors (Lipinski definition) is 3. The molecular formula is C18H21NO2. The molecule has 1 N–H and O–H groups in total. The average molecular weight is 283 g/mol. The van der Waals surface area contributed by atoms with Gasteiger partial charge in [-0.1, -0.05) is 42.0 Å². The first-order valence-electron chi connectivity index (χ1n) is 7.12. The lowest BCUT2D eigenvalue weighted by atomic mass is 10.1. The number of ketones is 1. The van der Waals surface area contributed by atoms with Crippen LogP contribution in [-0.4, -0.2) is 26.0 Å². The van der Waals surface area contributed by atoms with E-state index >= 15 is 0 Å². The van der Waals surface area contributed by atoms with Crippen LogP contribution in [0.5, 0.6) is 5.75 Å². The quantitative estimate of drug-likeness (QED) is 0.627. The van der Waals surface area contributed by atoms with Gasteiger partial charge in [0.15, 0.2) is 5.78 Å². The van der Waals surface area contributed by atoms with E-state index in [2.05, 4.69) is 5.32 Å². The molecule has 110 valence electrons. The summed E-state index contributed by atoms with van der Waals surface area (Å²) in [4.78, 5) is 12.0. The maximum atomic E-state index is 12.0. The number of carbonyl (C=O) groups excluding carboxylic acids is 1. The molecule has 0 bridgehead atoms. The molecule has 2 aromatic carbocycles. The average Bonchev–Trinajstić information content (AvgIpc) is 2.52. The predicted octanol–water partition coefficient (Wildman–Crippen LogP) is 3.02. The van der Waals surface area contributed by atoms with Gasteiger partial charge in [0.05, 0.1) is 13.7 Å². The molecule has 0 saturated heterocycles. The number of methoxy groups -OCH3 is 1. The Hall–Kier alpha value is -2.13. The Morgan fingerprint density at radius 3 is 2.33 bits per heavy atom. The summed E-state index contributed by atoms with van der Waals surface area (Å²) in [6.45, 7) is 3.17. The largest absolute Gasteiger partial charge is 0.497 e. The zero-order valence-corrected chi connectivity index (χ0v) is 12.6. The van der Waals surface area contributed by atoms with Crippen LogP contribution in [0, 0.1) is 6.92 Å². The van der Waals surface area contributed by atoms with E-state index in [0.29, 0.717) is 6.54 Å². The molecule has 0 radical (unpaired) electrons. The van der Waals surface area contributed by atoms with Crippen LogP contribution < -0.4 is 10.1 Å². The highest BCUT2D eigenvalue weighted by atomic mass is 16.5. The summed E-state index contributed by atoms with van der Waals surface area (Å²) in [6, 6.07) is 15.7. The van der Waals surface area contributed by atoms with Gasteiger partial charge in [-0.05, 0) is 37.6 Å². The van der Waals surface area contributed by atoms with Gasteiger partial charge in [-0.25, -0.2) is 0 Å². The molecule has 0 amide bonds.